The van der Waals surface area contributed by atoms with E-state index in [0.29, 0.717) is 30.5 Å². The molecule has 1 aromatic carbocycles. The highest BCUT2D eigenvalue weighted by molar-refractivity contribution is 7.92. The molecule has 0 spiro atoms. The molecule has 0 saturated carbocycles. The Morgan fingerprint density at radius 1 is 1.06 bits per heavy atom. The van der Waals surface area contributed by atoms with Crippen LogP contribution in [0.5, 0.6) is 0 Å². The smallest absolute Gasteiger partial charge is 0.327 e. The van der Waals surface area contributed by atoms with Crippen LogP contribution in [0.15, 0.2) is 39.1 Å². The lowest BCUT2D eigenvalue weighted by Gasteiger charge is -2.24. The molecule has 1 aromatic heterocycles. The zero-order valence-electron chi connectivity index (χ0n) is 18.3. The van der Waals surface area contributed by atoms with E-state index in [4.69, 9.17) is 4.74 Å². The van der Waals surface area contributed by atoms with Crippen molar-refractivity contribution in [3.63, 3.8) is 0 Å². The number of esters is 1. The van der Waals surface area contributed by atoms with Gasteiger partial charge in [0.2, 0.25) is 10.0 Å². The second-order valence-corrected chi connectivity index (χ2v) is 13.5. The number of carbonyl (C=O) groups is 1. The van der Waals surface area contributed by atoms with E-state index in [-0.39, 0.29) is 13.2 Å². The number of hydrogen-bond acceptors (Lipinski definition) is 9. The lowest BCUT2D eigenvalue weighted by atomic mass is 9.94. The van der Waals surface area contributed by atoms with Gasteiger partial charge in [0.15, 0.2) is 19.7 Å². The molecular formula is C19H25N3O8S3. The first-order valence-corrected chi connectivity index (χ1v) is 15.3. The summed E-state index contributed by atoms with van der Waals surface area (Å²) in [6.45, 7) is 1.82. The molecule has 11 nitrogen and oxygen atoms in total. The molecule has 3 rings (SSSR count). The predicted molar refractivity (Wildman–Crippen MR) is 118 cm³/mol. The third kappa shape index (κ3) is 5.80. The Hall–Kier alpha value is -2.29. The molecule has 1 N–H and O–H groups in total. The number of hydrogen-bond donors (Lipinski definition) is 1. The number of aromatic nitrogens is 2. The van der Waals surface area contributed by atoms with Crippen LogP contribution in [0, 0.1) is 0 Å². The minimum atomic E-state index is -4.30. The zero-order chi connectivity index (χ0) is 24.6. The lowest BCUT2D eigenvalue weighted by Crippen LogP contribution is -2.31. The van der Waals surface area contributed by atoms with E-state index in [1.165, 1.54) is 10.9 Å². The summed E-state index contributed by atoms with van der Waals surface area (Å²) in [5.74, 6) is -0.461. The minimum Gasteiger partial charge on any atom is -0.465 e. The number of nitrogens with one attached hydrogen (secondary N) is 1. The third-order valence-corrected chi connectivity index (χ3v) is 8.80. The predicted octanol–water partition coefficient (Wildman–Crippen LogP) is 0.609. The molecule has 1 heterocycles. The molecule has 1 atom stereocenters. The van der Waals surface area contributed by atoms with Gasteiger partial charge < -0.3 is 4.74 Å². The molecule has 14 heteroatoms. The summed E-state index contributed by atoms with van der Waals surface area (Å²) in [7, 11) is -12.1. The number of sulfonamides is 1. The first-order valence-electron chi connectivity index (χ1n) is 10.00. The summed E-state index contributed by atoms with van der Waals surface area (Å²) in [5.41, 5.74) is 1.29. The highest BCUT2D eigenvalue weighted by Crippen LogP contribution is 2.32. The molecule has 2 aromatic rings. The van der Waals surface area contributed by atoms with E-state index in [2.05, 4.69) is 9.82 Å². The Morgan fingerprint density at radius 3 is 2.18 bits per heavy atom. The number of sulfone groups is 2. The second-order valence-electron chi connectivity index (χ2n) is 7.76. The van der Waals surface area contributed by atoms with Crippen molar-refractivity contribution >= 4 is 35.7 Å². The Morgan fingerprint density at radius 2 is 1.64 bits per heavy atom. The van der Waals surface area contributed by atoms with E-state index in [1.807, 2.05) is 0 Å². The Bertz CT molecular complexity index is 1340. The number of benzene rings is 1. The highest BCUT2D eigenvalue weighted by Gasteiger charge is 2.30. The number of rotatable bonds is 8. The van der Waals surface area contributed by atoms with Crippen LogP contribution < -0.4 is 4.72 Å². The Balaban J connectivity index is 1.97. The quantitative estimate of drug-likeness (QED) is 0.493. The number of nitrogens with zero attached hydrogens (tertiary/aromatic N) is 2. The first kappa shape index (κ1) is 25.3. The summed E-state index contributed by atoms with van der Waals surface area (Å²) < 4.78 is 83.3. The van der Waals surface area contributed by atoms with Gasteiger partial charge in [-0.1, -0.05) is 0 Å². The fraction of sp³-hybridized carbons (Fsp3) is 0.474. The van der Waals surface area contributed by atoms with Gasteiger partial charge >= 0.3 is 5.97 Å². The summed E-state index contributed by atoms with van der Waals surface area (Å²) in [6, 6.07) is 2.11. The van der Waals surface area contributed by atoms with Crippen molar-refractivity contribution in [2.75, 3.05) is 19.1 Å². The van der Waals surface area contributed by atoms with E-state index < -0.39 is 56.4 Å². The van der Waals surface area contributed by atoms with Crippen LogP contribution in [0.2, 0.25) is 0 Å². The summed E-state index contributed by atoms with van der Waals surface area (Å²) >= 11 is 0. The van der Waals surface area contributed by atoms with Gasteiger partial charge in [0, 0.05) is 23.8 Å². The molecule has 0 aliphatic heterocycles. The van der Waals surface area contributed by atoms with Crippen molar-refractivity contribution < 1.29 is 34.8 Å². The van der Waals surface area contributed by atoms with Crippen LogP contribution in [0.25, 0.3) is 0 Å². The van der Waals surface area contributed by atoms with Crippen LogP contribution in [0.3, 0.4) is 0 Å². The SMILES string of the molecule is CCOC(=O)Cn1ncc2c1CCC[C@H]2NS(=O)(=O)c1cc(S(C)(=O)=O)cc(S(C)(=O)=O)c1. The lowest BCUT2D eigenvalue weighted by molar-refractivity contribution is -0.144. The molecule has 182 valence electrons. The fourth-order valence-corrected chi connectivity index (χ4v) is 6.50. The largest absolute Gasteiger partial charge is 0.465 e. The molecule has 1 aliphatic rings. The van der Waals surface area contributed by atoms with Gasteiger partial charge in [0.25, 0.3) is 0 Å². The van der Waals surface area contributed by atoms with Crippen LogP contribution in [-0.4, -0.2) is 60.1 Å². The van der Waals surface area contributed by atoms with Gasteiger partial charge in [-0.15, -0.1) is 0 Å². The van der Waals surface area contributed by atoms with E-state index >= 15 is 0 Å². The number of carbonyl (C=O) groups excluding carboxylic acids is 1. The van der Waals surface area contributed by atoms with Crippen molar-refractivity contribution in [3.05, 3.63) is 35.7 Å². The molecule has 0 amide bonds. The van der Waals surface area contributed by atoms with Crippen molar-refractivity contribution in [3.8, 4) is 0 Å². The summed E-state index contributed by atoms with van der Waals surface area (Å²) in [4.78, 5) is 10.5. The van der Waals surface area contributed by atoms with Crippen LogP contribution in [0.4, 0.5) is 0 Å². The van der Waals surface area contributed by atoms with E-state index in [0.717, 1.165) is 30.7 Å². The Kier molecular flexibility index (Phi) is 7.03. The standard InChI is InChI=1S/C19H25N3O8S3/c1-4-30-19(23)12-22-18-7-5-6-17(16(18)11-20-22)21-33(28,29)15-9-13(31(2,24)25)8-14(10-15)32(3,26)27/h8-11,17,21H,4-7,12H2,1-3H3/t17-/m1/s1. The van der Waals surface area contributed by atoms with Crippen molar-refractivity contribution in [1.29, 1.82) is 0 Å². The summed E-state index contributed by atoms with van der Waals surface area (Å²) in [6.07, 6.45) is 4.87. The number of fused-ring (bicyclic) bond motifs is 1. The van der Waals surface area contributed by atoms with Crippen LogP contribution in [-0.2, 0) is 52.2 Å². The highest BCUT2D eigenvalue weighted by atomic mass is 32.2. The zero-order valence-corrected chi connectivity index (χ0v) is 20.8. The van der Waals surface area contributed by atoms with Crippen LogP contribution >= 0.6 is 0 Å². The third-order valence-electron chi connectivity index (χ3n) is 5.16. The molecular weight excluding hydrogens is 494 g/mol. The minimum absolute atomic E-state index is 0.100. The second kappa shape index (κ2) is 9.16. The van der Waals surface area contributed by atoms with Gasteiger partial charge in [0.05, 0.1) is 33.5 Å². The fourth-order valence-electron chi connectivity index (χ4n) is 3.59. The van der Waals surface area contributed by atoms with Crippen LogP contribution in [0.1, 0.15) is 37.1 Å². The molecule has 0 unspecified atom stereocenters. The van der Waals surface area contributed by atoms with Crippen molar-refractivity contribution in [1.82, 2.24) is 14.5 Å². The monoisotopic (exact) mass is 519 g/mol. The van der Waals surface area contributed by atoms with Gasteiger partial charge in [-0.2, -0.15) is 5.10 Å². The first-order chi connectivity index (χ1) is 15.2. The molecule has 0 saturated heterocycles. The molecule has 1 aliphatic carbocycles. The molecule has 33 heavy (non-hydrogen) atoms. The summed E-state index contributed by atoms with van der Waals surface area (Å²) in [5, 5.41) is 4.19. The van der Waals surface area contributed by atoms with Gasteiger partial charge in [0.1, 0.15) is 6.54 Å². The van der Waals surface area contributed by atoms with Crippen molar-refractivity contribution in [2.45, 2.75) is 53.5 Å². The average Bonchev–Trinajstić information content (AvgIpc) is 3.10. The van der Waals surface area contributed by atoms with E-state index in [1.54, 1.807) is 6.92 Å². The van der Waals surface area contributed by atoms with Gasteiger partial charge in [-0.25, -0.2) is 30.0 Å². The maximum absolute atomic E-state index is 13.1. The van der Waals surface area contributed by atoms with Gasteiger partial charge in [-0.05, 0) is 44.4 Å². The normalized spacial score (nSPS) is 16.9. The molecule has 0 bridgehead atoms. The maximum Gasteiger partial charge on any atom is 0.327 e. The Labute approximate surface area is 193 Å². The molecule has 0 radical (unpaired) electrons. The van der Waals surface area contributed by atoms with Crippen molar-refractivity contribution in [2.24, 2.45) is 0 Å². The maximum atomic E-state index is 13.1. The average molecular weight is 520 g/mol. The van der Waals surface area contributed by atoms with E-state index in [9.17, 15) is 30.0 Å². The van der Waals surface area contributed by atoms with Gasteiger partial charge in [-0.3, -0.25) is 9.48 Å². The molecule has 0 fully saturated rings. The number of ether oxygens (including phenoxy) is 1. The topological polar surface area (TPSA) is 159 Å².